The number of benzene rings is 6. The summed E-state index contributed by atoms with van der Waals surface area (Å²) in [4.78, 5) is 9.56. The summed E-state index contributed by atoms with van der Waals surface area (Å²) in [6.07, 6.45) is 1.91. The molecule has 0 fully saturated rings. The Bertz CT molecular complexity index is 3040. The van der Waals surface area contributed by atoms with Crippen molar-refractivity contribution < 1.29 is 25.8 Å². The maximum Gasteiger partial charge on any atom is 0.135 e. The molecule has 5 nitrogen and oxygen atoms in total. The number of fused-ring (bicyclic) bond motifs is 4. The van der Waals surface area contributed by atoms with Gasteiger partial charge in [0, 0.05) is 61.3 Å². The predicted molar refractivity (Wildman–Crippen MR) is 268 cm³/mol. The minimum absolute atomic E-state index is 0. The van der Waals surface area contributed by atoms with Gasteiger partial charge < -0.3 is 19.1 Å². The fourth-order valence-corrected chi connectivity index (χ4v) is 8.82. The number of rotatable bonds is 7. The molecule has 0 bridgehead atoms. The van der Waals surface area contributed by atoms with Gasteiger partial charge >= 0.3 is 0 Å². The fourth-order valence-electron chi connectivity index (χ4n) is 8.82. The van der Waals surface area contributed by atoms with E-state index in [4.69, 9.17) is 9.72 Å². The average Bonchev–Trinajstić information content (AvgIpc) is 3.78. The van der Waals surface area contributed by atoms with E-state index in [1.807, 2.05) is 12.3 Å². The molecule has 0 amide bonds. The number of nitrogens with zero attached hydrogens (tertiary/aromatic N) is 4. The molecule has 0 atom stereocenters. The van der Waals surface area contributed by atoms with Gasteiger partial charge in [-0.25, -0.2) is 4.98 Å². The number of hydrogen-bond acceptors (Lipinski definition) is 4. The summed E-state index contributed by atoms with van der Waals surface area (Å²) in [6.45, 7) is 31.7. The molecule has 6 heteroatoms. The summed E-state index contributed by atoms with van der Waals surface area (Å²) >= 11 is 0. The van der Waals surface area contributed by atoms with Gasteiger partial charge in [-0.05, 0) is 117 Å². The van der Waals surface area contributed by atoms with E-state index in [0.717, 1.165) is 55.9 Å². The zero-order valence-electron chi connectivity index (χ0n) is 40.2. The third-order valence-corrected chi connectivity index (χ3v) is 13.2. The average molecular weight is 1040 g/mol. The second-order valence-electron chi connectivity index (χ2n) is 21.4. The van der Waals surface area contributed by atoms with Gasteiger partial charge in [-0.2, -0.15) is 6.07 Å². The van der Waals surface area contributed by atoms with Gasteiger partial charge in [0.1, 0.15) is 5.82 Å². The molecule has 1 aliphatic heterocycles. The Balaban J connectivity index is 0.00000576. The molecule has 6 aromatic carbocycles. The van der Waals surface area contributed by atoms with Crippen molar-refractivity contribution in [1.29, 1.82) is 0 Å². The maximum atomic E-state index is 6.97. The molecule has 65 heavy (non-hydrogen) atoms. The van der Waals surface area contributed by atoms with E-state index in [9.17, 15) is 0 Å². The van der Waals surface area contributed by atoms with Crippen LogP contribution in [0.1, 0.15) is 115 Å². The summed E-state index contributed by atoms with van der Waals surface area (Å²) in [5.41, 5.74) is 14.5. The Kier molecular flexibility index (Phi) is 11.8. The first-order chi connectivity index (χ1) is 30.2. The molecule has 0 spiro atoms. The second-order valence-corrected chi connectivity index (χ2v) is 21.4. The van der Waals surface area contributed by atoms with E-state index in [1.54, 1.807) is 0 Å². The molecule has 0 radical (unpaired) electrons. The van der Waals surface area contributed by atoms with Crippen molar-refractivity contribution in [1.82, 2.24) is 9.55 Å². The van der Waals surface area contributed by atoms with Crippen LogP contribution in [0.4, 0.5) is 22.7 Å². The van der Waals surface area contributed by atoms with E-state index in [0.29, 0.717) is 11.5 Å². The number of ether oxygens (including phenoxy) is 1. The SMILES string of the molecule is Cc1cc2c(cc1C)N(c1cc(C(C)(C)C)cc(C(C)(C)C)c1)[CH-]N2c1[c-]c(Oc2[c-]c3c(cc2)c2ccccc2n3-c2cc(C(C)(C)C)ccn2)cc(C(C)(C)c2ccccc2)c1.[Pt]. The van der Waals surface area contributed by atoms with Crippen molar-refractivity contribution in [2.45, 2.75) is 112 Å². The van der Waals surface area contributed by atoms with E-state index >= 15 is 0 Å². The predicted octanol–water partition coefficient (Wildman–Crippen LogP) is 15.8. The smallest absolute Gasteiger partial charge is 0.135 e. The number of aromatic nitrogens is 2. The summed E-state index contributed by atoms with van der Waals surface area (Å²) in [6, 6.07) is 51.4. The van der Waals surface area contributed by atoms with Gasteiger partial charge in [0.05, 0.1) is 0 Å². The standard InChI is InChI=1S/C59H61N4O.Pt/c1-38-27-53-54(28-39(38)2)62(37-61(53)45-30-42(57(6,7)8)29-43(31-45)58(9,10)11)46-32-44(59(12,13)40-19-15-14-16-20-40)33-48(35-46)64-47-23-24-50-49-21-17-18-22-51(49)63(52(50)36-47)55-34-41(25-26-60-55)56(3,4)5;/h14-34,37H,1-13H3;/q-3;. The van der Waals surface area contributed by atoms with E-state index in [2.05, 4.69) is 238 Å². The first kappa shape index (κ1) is 45.9. The first-order valence-corrected chi connectivity index (χ1v) is 22.6. The molecule has 1 aliphatic rings. The molecule has 0 N–H and O–H groups in total. The van der Waals surface area contributed by atoms with Crippen molar-refractivity contribution in [2.24, 2.45) is 0 Å². The van der Waals surface area contributed by atoms with Crippen molar-refractivity contribution in [3.63, 3.8) is 0 Å². The quantitative estimate of drug-likeness (QED) is 0.149. The Hall–Kier alpha value is -5.64. The second kappa shape index (κ2) is 16.7. The Morgan fingerprint density at radius 3 is 1.78 bits per heavy atom. The summed E-state index contributed by atoms with van der Waals surface area (Å²) in [7, 11) is 0. The molecule has 9 rings (SSSR count). The minimum Gasteiger partial charge on any atom is -0.509 e. The van der Waals surface area contributed by atoms with Crippen LogP contribution in [0, 0.1) is 32.6 Å². The topological polar surface area (TPSA) is 33.5 Å². The molecule has 0 unspecified atom stereocenters. The maximum absolute atomic E-state index is 6.97. The van der Waals surface area contributed by atoms with Crippen molar-refractivity contribution in [3.8, 4) is 17.3 Å². The third kappa shape index (κ3) is 8.65. The van der Waals surface area contributed by atoms with Crippen LogP contribution in [-0.2, 0) is 42.7 Å². The Morgan fingerprint density at radius 1 is 0.523 bits per heavy atom. The molecule has 2 aromatic heterocycles. The molecule has 0 saturated carbocycles. The first-order valence-electron chi connectivity index (χ1n) is 22.6. The molecule has 0 saturated heterocycles. The van der Waals surface area contributed by atoms with Crippen LogP contribution >= 0.6 is 0 Å². The normalized spacial score (nSPS) is 13.4. The van der Waals surface area contributed by atoms with Crippen LogP contribution in [0.15, 0.2) is 128 Å². The largest absolute Gasteiger partial charge is 0.509 e. The van der Waals surface area contributed by atoms with Crippen molar-refractivity contribution >= 4 is 44.6 Å². The number of aryl methyl sites for hydroxylation is 2. The zero-order valence-corrected chi connectivity index (χ0v) is 42.5. The third-order valence-electron chi connectivity index (χ3n) is 13.2. The van der Waals surface area contributed by atoms with Crippen molar-refractivity contribution in [2.75, 3.05) is 9.80 Å². The van der Waals surface area contributed by atoms with Crippen LogP contribution in [0.5, 0.6) is 11.5 Å². The molecule has 0 aliphatic carbocycles. The molecule has 336 valence electrons. The Labute approximate surface area is 401 Å². The monoisotopic (exact) mass is 1040 g/mol. The molecular formula is C59H61N4OPt-3. The summed E-state index contributed by atoms with van der Waals surface area (Å²) in [5, 5.41) is 2.23. The number of hydrogen-bond donors (Lipinski definition) is 0. The van der Waals surface area contributed by atoms with Gasteiger partial charge in [-0.3, -0.25) is 0 Å². The Morgan fingerprint density at radius 2 is 1.14 bits per heavy atom. The molecule has 3 heterocycles. The van der Waals surface area contributed by atoms with Crippen molar-refractivity contribution in [3.05, 3.63) is 185 Å². The number of anilines is 4. The fraction of sp³-hybridized carbons (Fsp3) is 0.288. The van der Waals surface area contributed by atoms with Crippen LogP contribution in [0.25, 0.3) is 27.6 Å². The van der Waals surface area contributed by atoms with Gasteiger partial charge in [0.15, 0.2) is 0 Å². The van der Waals surface area contributed by atoms with Crippen LogP contribution in [-0.4, -0.2) is 9.55 Å². The van der Waals surface area contributed by atoms with Gasteiger partial charge in [-0.15, -0.1) is 53.6 Å². The summed E-state index contributed by atoms with van der Waals surface area (Å²) in [5.74, 6) is 2.08. The zero-order chi connectivity index (χ0) is 45.5. The van der Waals surface area contributed by atoms with Gasteiger partial charge in [0.2, 0.25) is 0 Å². The molecular weight excluding hydrogens is 976 g/mol. The van der Waals surface area contributed by atoms with Crippen LogP contribution in [0.3, 0.4) is 0 Å². The number of para-hydroxylation sites is 1. The van der Waals surface area contributed by atoms with Gasteiger partial charge in [0.25, 0.3) is 0 Å². The van der Waals surface area contributed by atoms with E-state index in [1.165, 1.54) is 33.4 Å². The van der Waals surface area contributed by atoms with E-state index in [-0.39, 0.29) is 42.7 Å². The van der Waals surface area contributed by atoms with E-state index < -0.39 is 0 Å². The summed E-state index contributed by atoms with van der Waals surface area (Å²) < 4.78 is 9.19. The number of pyridine rings is 1. The van der Waals surface area contributed by atoms with Crippen LogP contribution < -0.4 is 14.5 Å². The minimum atomic E-state index is -0.360. The van der Waals surface area contributed by atoms with Gasteiger partial charge in [-0.1, -0.05) is 136 Å². The molecule has 8 aromatic rings. The van der Waals surface area contributed by atoms with Crippen LogP contribution in [0.2, 0.25) is 0 Å².